The van der Waals surface area contributed by atoms with Crippen LogP contribution in [0.4, 0.5) is 4.39 Å². The fourth-order valence-electron chi connectivity index (χ4n) is 2.36. The first kappa shape index (κ1) is 14.7. The first-order valence-corrected chi connectivity index (χ1v) is 6.78. The zero-order valence-corrected chi connectivity index (χ0v) is 11.6. The maximum atomic E-state index is 12.8. The summed E-state index contributed by atoms with van der Waals surface area (Å²) in [6, 6.07) is 6.02. The summed E-state index contributed by atoms with van der Waals surface area (Å²) in [5, 5.41) is 0. The number of hydrogen-bond acceptors (Lipinski definition) is 3. The van der Waals surface area contributed by atoms with Gasteiger partial charge in [-0.15, -0.1) is 0 Å². The Balaban J connectivity index is 1.78. The van der Waals surface area contributed by atoms with Gasteiger partial charge in [0.15, 0.2) is 5.78 Å². The molecule has 4 nitrogen and oxygen atoms in total. The molecule has 0 radical (unpaired) electrons. The SMILES string of the molecule is CC(=O)N1CCN(CC(=O)Cc2ccc(F)cc2)CC1. The van der Waals surface area contributed by atoms with Crippen molar-refractivity contribution in [1.29, 1.82) is 0 Å². The molecule has 0 aliphatic carbocycles. The van der Waals surface area contributed by atoms with Crippen LogP contribution in [-0.4, -0.2) is 54.2 Å². The third kappa shape index (κ3) is 4.13. The van der Waals surface area contributed by atoms with E-state index < -0.39 is 0 Å². The number of carbonyl (C=O) groups excluding carboxylic acids is 2. The smallest absolute Gasteiger partial charge is 0.219 e. The van der Waals surface area contributed by atoms with E-state index in [1.165, 1.54) is 12.1 Å². The Bertz CT molecular complexity index is 479. The molecule has 1 heterocycles. The summed E-state index contributed by atoms with van der Waals surface area (Å²) in [5.74, 6) is -0.0864. The Labute approximate surface area is 118 Å². The molecule has 2 rings (SSSR count). The molecule has 0 spiro atoms. The quantitative estimate of drug-likeness (QED) is 0.828. The van der Waals surface area contributed by atoms with E-state index in [1.54, 1.807) is 24.0 Å². The molecule has 1 aromatic carbocycles. The molecule has 1 aliphatic rings. The summed E-state index contributed by atoms with van der Waals surface area (Å²) >= 11 is 0. The molecule has 5 heteroatoms. The van der Waals surface area contributed by atoms with E-state index in [2.05, 4.69) is 4.90 Å². The first-order chi connectivity index (χ1) is 9.54. The zero-order chi connectivity index (χ0) is 14.5. The van der Waals surface area contributed by atoms with Crippen molar-refractivity contribution in [2.45, 2.75) is 13.3 Å². The number of hydrogen-bond donors (Lipinski definition) is 0. The van der Waals surface area contributed by atoms with E-state index >= 15 is 0 Å². The molecule has 0 N–H and O–H groups in total. The molecular weight excluding hydrogens is 259 g/mol. The van der Waals surface area contributed by atoms with Crippen molar-refractivity contribution >= 4 is 11.7 Å². The second-order valence-electron chi connectivity index (χ2n) is 5.12. The van der Waals surface area contributed by atoms with Crippen molar-refractivity contribution in [3.63, 3.8) is 0 Å². The number of rotatable bonds is 4. The minimum absolute atomic E-state index is 0.0855. The fourth-order valence-corrected chi connectivity index (χ4v) is 2.36. The third-order valence-electron chi connectivity index (χ3n) is 3.53. The van der Waals surface area contributed by atoms with E-state index in [9.17, 15) is 14.0 Å². The third-order valence-corrected chi connectivity index (χ3v) is 3.53. The number of amides is 1. The van der Waals surface area contributed by atoms with E-state index in [4.69, 9.17) is 0 Å². The standard InChI is InChI=1S/C15H19FN2O2/c1-12(19)18-8-6-17(7-9-18)11-15(20)10-13-2-4-14(16)5-3-13/h2-5H,6-11H2,1H3. The van der Waals surface area contributed by atoms with Crippen LogP contribution >= 0.6 is 0 Å². The molecule has 108 valence electrons. The van der Waals surface area contributed by atoms with E-state index in [0.717, 1.165) is 18.7 Å². The minimum atomic E-state index is -0.290. The molecular formula is C15H19FN2O2. The highest BCUT2D eigenvalue weighted by atomic mass is 19.1. The highest BCUT2D eigenvalue weighted by Gasteiger charge is 2.20. The molecule has 20 heavy (non-hydrogen) atoms. The van der Waals surface area contributed by atoms with Crippen LogP contribution in [0.5, 0.6) is 0 Å². The van der Waals surface area contributed by atoms with Gasteiger partial charge in [-0.2, -0.15) is 0 Å². The zero-order valence-electron chi connectivity index (χ0n) is 11.6. The van der Waals surface area contributed by atoms with E-state index in [0.29, 0.717) is 26.1 Å². The van der Waals surface area contributed by atoms with Crippen LogP contribution in [0.1, 0.15) is 12.5 Å². The van der Waals surface area contributed by atoms with Gasteiger partial charge < -0.3 is 4.90 Å². The monoisotopic (exact) mass is 278 g/mol. The van der Waals surface area contributed by atoms with Gasteiger partial charge in [0.25, 0.3) is 0 Å². The van der Waals surface area contributed by atoms with Gasteiger partial charge in [-0.1, -0.05) is 12.1 Å². The van der Waals surface area contributed by atoms with Gasteiger partial charge in [0.2, 0.25) is 5.91 Å². The van der Waals surface area contributed by atoms with Crippen LogP contribution in [0.3, 0.4) is 0 Å². The lowest BCUT2D eigenvalue weighted by Gasteiger charge is -2.33. The van der Waals surface area contributed by atoms with Gasteiger partial charge in [0.1, 0.15) is 5.82 Å². The average molecular weight is 278 g/mol. The lowest BCUT2D eigenvalue weighted by molar-refractivity contribution is -0.130. The Morgan fingerprint density at radius 1 is 1.10 bits per heavy atom. The van der Waals surface area contributed by atoms with Crippen molar-refractivity contribution in [1.82, 2.24) is 9.80 Å². The summed E-state index contributed by atoms with van der Waals surface area (Å²) in [6.45, 7) is 4.78. The number of nitrogens with zero attached hydrogens (tertiary/aromatic N) is 2. The van der Waals surface area contributed by atoms with Gasteiger partial charge in [-0.3, -0.25) is 14.5 Å². The summed E-state index contributed by atoms with van der Waals surface area (Å²) in [4.78, 5) is 27.0. The molecule has 0 aromatic heterocycles. The van der Waals surface area contributed by atoms with Gasteiger partial charge >= 0.3 is 0 Å². The summed E-state index contributed by atoms with van der Waals surface area (Å²) in [5.41, 5.74) is 0.832. The Morgan fingerprint density at radius 3 is 2.25 bits per heavy atom. The van der Waals surface area contributed by atoms with Crippen LogP contribution in [-0.2, 0) is 16.0 Å². The molecule has 1 amide bonds. The Morgan fingerprint density at radius 2 is 1.70 bits per heavy atom. The molecule has 1 saturated heterocycles. The van der Waals surface area contributed by atoms with Crippen LogP contribution in [0, 0.1) is 5.82 Å². The lowest BCUT2D eigenvalue weighted by atomic mass is 10.1. The van der Waals surface area contributed by atoms with Gasteiger partial charge in [-0.05, 0) is 17.7 Å². The minimum Gasteiger partial charge on any atom is -0.340 e. The molecule has 1 fully saturated rings. The van der Waals surface area contributed by atoms with Crippen molar-refractivity contribution in [3.05, 3.63) is 35.6 Å². The van der Waals surface area contributed by atoms with Crippen molar-refractivity contribution < 1.29 is 14.0 Å². The summed E-state index contributed by atoms with van der Waals surface area (Å²) < 4.78 is 12.8. The maximum Gasteiger partial charge on any atom is 0.219 e. The number of carbonyl (C=O) groups is 2. The second kappa shape index (κ2) is 6.61. The van der Waals surface area contributed by atoms with Crippen LogP contribution in [0.25, 0.3) is 0 Å². The number of halogens is 1. The average Bonchev–Trinajstić information content (AvgIpc) is 2.42. The molecule has 0 saturated carbocycles. The molecule has 0 unspecified atom stereocenters. The van der Waals surface area contributed by atoms with Gasteiger partial charge in [0, 0.05) is 39.5 Å². The first-order valence-electron chi connectivity index (χ1n) is 6.78. The highest BCUT2D eigenvalue weighted by molar-refractivity contribution is 5.82. The molecule has 0 bridgehead atoms. The topological polar surface area (TPSA) is 40.6 Å². The number of Topliss-reactive ketones (excluding diaryl/α,β-unsaturated/α-hetero) is 1. The predicted molar refractivity (Wildman–Crippen MR) is 73.8 cm³/mol. The largest absolute Gasteiger partial charge is 0.340 e. The Kier molecular flexibility index (Phi) is 4.84. The Hall–Kier alpha value is -1.75. The van der Waals surface area contributed by atoms with Crippen molar-refractivity contribution in [3.8, 4) is 0 Å². The lowest BCUT2D eigenvalue weighted by Crippen LogP contribution is -2.49. The normalized spacial score (nSPS) is 16.2. The molecule has 1 aromatic rings. The maximum absolute atomic E-state index is 12.8. The highest BCUT2D eigenvalue weighted by Crippen LogP contribution is 2.06. The van der Waals surface area contributed by atoms with Crippen LogP contribution in [0.2, 0.25) is 0 Å². The summed E-state index contributed by atoms with van der Waals surface area (Å²) in [7, 11) is 0. The van der Waals surface area contributed by atoms with Crippen LogP contribution in [0.15, 0.2) is 24.3 Å². The predicted octanol–water partition coefficient (Wildman–Crippen LogP) is 1.10. The van der Waals surface area contributed by atoms with E-state index in [-0.39, 0.29) is 17.5 Å². The van der Waals surface area contributed by atoms with Crippen LogP contribution < -0.4 is 0 Å². The number of piperazine rings is 1. The summed E-state index contributed by atoms with van der Waals surface area (Å²) in [6.07, 6.45) is 0.327. The second-order valence-corrected chi connectivity index (χ2v) is 5.12. The molecule has 0 atom stereocenters. The molecule has 1 aliphatic heterocycles. The number of benzene rings is 1. The van der Waals surface area contributed by atoms with Gasteiger partial charge in [0.05, 0.1) is 6.54 Å². The fraction of sp³-hybridized carbons (Fsp3) is 0.467. The van der Waals surface area contributed by atoms with Crippen molar-refractivity contribution in [2.24, 2.45) is 0 Å². The van der Waals surface area contributed by atoms with Crippen molar-refractivity contribution in [2.75, 3.05) is 32.7 Å². The number of ketones is 1. The van der Waals surface area contributed by atoms with Gasteiger partial charge in [-0.25, -0.2) is 4.39 Å². The van der Waals surface area contributed by atoms with E-state index in [1.807, 2.05) is 0 Å².